The summed E-state index contributed by atoms with van der Waals surface area (Å²) >= 11 is 5.74. The van der Waals surface area contributed by atoms with Crippen LogP contribution >= 0.6 is 11.6 Å². The number of aromatic amines is 1. The van der Waals surface area contributed by atoms with Gasteiger partial charge >= 0.3 is 0 Å². The molecule has 0 unspecified atom stereocenters. The first-order valence-corrected chi connectivity index (χ1v) is 8.52. The van der Waals surface area contributed by atoms with Crippen LogP contribution in [-0.2, 0) is 15.9 Å². The maximum atomic E-state index is 12.5. The Labute approximate surface area is 119 Å². The summed E-state index contributed by atoms with van der Waals surface area (Å²) in [6.45, 7) is 5.53. The monoisotopic (exact) mass is 305 g/mol. The summed E-state index contributed by atoms with van der Waals surface area (Å²) in [6, 6.07) is 0. The molecule has 5 nitrogen and oxygen atoms in total. The number of piperidine rings is 1. The number of nitrogens with one attached hydrogen (secondary N) is 1. The summed E-state index contributed by atoms with van der Waals surface area (Å²) in [5.74, 6) is 1.36. The molecule has 0 bridgehead atoms. The molecule has 0 atom stereocenters. The van der Waals surface area contributed by atoms with Gasteiger partial charge in [-0.25, -0.2) is 8.42 Å². The SMILES string of the molecule is CC(C)C1CCN(S(=O)(=O)c2[nH]ncc2CCl)CC1. The van der Waals surface area contributed by atoms with Gasteiger partial charge in [0.05, 0.1) is 12.1 Å². The number of H-pyrrole nitrogens is 1. The van der Waals surface area contributed by atoms with Crippen LogP contribution in [0.1, 0.15) is 32.3 Å². The van der Waals surface area contributed by atoms with Crippen LogP contribution in [0, 0.1) is 11.8 Å². The zero-order valence-corrected chi connectivity index (χ0v) is 12.8. The lowest BCUT2D eigenvalue weighted by Gasteiger charge is -2.32. The molecule has 1 aliphatic heterocycles. The molecule has 108 valence electrons. The van der Waals surface area contributed by atoms with Gasteiger partial charge < -0.3 is 0 Å². The Morgan fingerprint density at radius 1 is 1.47 bits per heavy atom. The summed E-state index contributed by atoms with van der Waals surface area (Å²) in [6.07, 6.45) is 3.31. The summed E-state index contributed by atoms with van der Waals surface area (Å²) < 4.78 is 26.5. The standard InChI is InChI=1S/C12H20ClN3O2S/c1-9(2)10-3-5-16(6-4-10)19(17,18)12-11(7-13)8-14-15-12/h8-10H,3-7H2,1-2H3,(H,14,15). The number of sulfonamides is 1. The van der Waals surface area contributed by atoms with E-state index in [4.69, 9.17) is 11.6 Å². The highest BCUT2D eigenvalue weighted by Crippen LogP contribution is 2.28. The lowest BCUT2D eigenvalue weighted by atomic mass is 9.87. The summed E-state index contributed by atoms with van der Waals surface area (Å²) in [4.78, 5) is 0. The van der Waals surface area contributed by atoms with Gasteiger partial charge in [0.1, 0.15) is 0 Å². The average Bonchev–Trinajstić information content (AvgIpc) is 2.87. The minimum Gasteiger partial charge on any atom is -0.266 e. The second-order valence-electron chi connectivity index (χ2n) is 5.34. The molecule has 0 amide bonds. The molecule has 2 rings (SSSR count). The second kappa shape index (κ2) is 5.81. The predicted octanol–water partition coefficient (Wildman–Crippen LogP) is 2.21. The van der Waals surface area contributed by atoms with Crippen LogP contribution in [0.5, 0.6) is 0 Å². The van der Waals surface area contributed by atoms with Gasteiger partial charge in [0.15, 0.2) is 5.03 Å². The van der Waals surface area contributed by atoms with Crippen molar-refractivity contribution < 1.29 is 8.42 Å². The first kappa shape index (κ1) is 14.8. The normalized spacial score (nSPS) is 19.2. The quantitative estimate of drug-likeness (QED) is 0.867. The average molecular weight is 306 g/mol. The van der Waals surface area contributed by atoms with E-state index in [1.54, 1.807) is 0 Å². The van der Waals surface area contributed by atoms with E-state index in [-0.39, 0.29) is 10.9 Å². The van der Waals surface area contributed by atoms with Crippen molar-refractivity contribution >= 4 is 21.6 Å². The second-order valence-corrected chi connectivity index (χ2v) is 7.49. The molecule has 1 aromatic rings. The van der Waals surface area contributed by atoms with E-state index in [0.717, 1.165) is 12.8 Å². The molecule has 2 heterocycles. The van der Waals surface area contributed by atoms with Gasteiger partial charge in [-0.15, -0.1) is 11.6 Å². The van der Waals surface area contributed by atoms with Crippen LogP contribution in [0.25, 0.3) is 0 Å². The van der Waals surface area contributed by atoms with E-state index in [0.29, 0.717) is 30.5 Å². The molecule has 1 saturated heterocycles. The van der Waals surface area contributed by atoms with Crippen molar-refractivity contribution in [2.75, 3.05) is 13.1 Å². The van der Waals surface area contributed by atoms with Gasteiger partial charge in [0.25, 0.3) is 10.0 Å². The van der Waals surface area contributed by atoms with Crippen molar-refractivity contribution in [3.63, 3.8) is 0 Å². The first-order valence-electron chi connectivity index (χ1n) is 6.55. The maximum absolute atomic E-state index is 12.5. The van der Waals surface area contributed by atoms with Crippen LogP contribution in [0.3, 0.4) is 0 Å². The largest absolute Gasteiger partial charge is 0.266 e. The number of alkyl halides is 1. The lowest BCUT2D eigenvalue weighted by Crippen LogP contribution is -2.39. The fourth-order valence-corrected chi connectivity index (χ4v) is 4.39. The number of nitrogens with zero attached hydrogens (tertiary/aromatic N) is 2. The van der Waals surface area contributed by atoms with Gasteiger partial charge in [0, 0.05) is 18.7 Å². The van der Waals surface area contributed by atoms with Crippen molar-refractivity contribution in [1.82, 2.24) is 14.5 Å². The van der Waals surface area contributed by atoms with Crippen molar-refractivity contribution in [3.05, 3.63) is 11.8 Å². The topological polar surface area (TPSA) is 66.1 Å². The van der Waals surface area contributed by atoms with Crippen molar-refractivity contribution in [2.45, 2.75) is 37.6 Å². The highest BCUT2D eigenvalue weighted by molar-refractivity contribution is 7.89. The Morgan fingerprint density at radius 2 is 2.11 bits per heavy atom. The van der Waals surface area contributed by atoms with Crippen LogP contribution in [0.4, 0.5) is 0 Å². The molecule has 1 aromatic heterocycles. The summed E-state index contributed by atoms with van der Waals surface area (Å²) in [5, 5.41) is 6.49. The third kappa shape index (κ3) is 2.95. The molecule has 0 spiro atoms. The number of halogens is 1. The van der Waals surface area contributed by atoms with Crippen LogP contribution < -0.4 is 0 Å². The molecule has 0 aliphatic carbocycles. The zero-order valence-electron chi connectivity index (χ0n) is 11.3. The summed E-state index contributed by atoms with van der Waals surface area (Å²) in [5.41, 5.74) is 0.535. The minimum atomic E-state index is -3.48. The van der Waals surface area contributed by atoms with E-state index >= 15 is 0 Å². The van der Waals surface area contributed by atoms with Gasteiger partial charge in [-0.2, -0.15) is 9.40 Å². The van der Waals surface area contributed by atoms with E-state index in [2.05, 4.69) is 24.0 Å². The van der Waals surface area contributed by atoms with E-state index < -0.39 is 10.0 Å². The van der Waals surface area contributed by atoms with Crippen molar-refractivity contribution in [2.24, 2.45) is 11.8 Å². The lowest BCUT2D eigenvalue weighted by molar-refractivity contribution is 0.226. The number of aromatic nitrogens is 2. The Bertz CT molecular complexity index is 519. The van der Waals surface area contributed by atoms with Gasteiger partial charge in [0.2, 0.25) is 0 Å². The molecule has 7 heteroatoms. The predicted molar refractivity (Wildman–Crippen MR) is 74.5 cm³/mol. The molecule has 1 N–H and O–H groups in total. The van der Waals surface area contributed by atoms with E-state index in [1.807, 2.05) is 0 Å². The van der Waals surface area contributed by atoms with Gasteiger partial charge in [-0.3, -0.25) is 5.10 Å². The van der Waals surface area contributed by atoms with Gasteiger partial charge in [-0.1, -0.05) is 13.8 Å². The molecule has 1 fully saturated rings. The third-order valence-electron chi connectivity index (χ3n) is 3.86. The molecule has 0 radical (unpaired) electrons. The maximum Gasteiger partial charge on any atom is 0.260 e. The molecule has 19 heavy (non-hydrogen) atoms. The fourth-order valence-electron chi connectivity index (χ4n) is 2.53. The zero-order chi connectivity index (χ0) is 14.0. The number of hydrogen-bond acceptors (Lipinski definition) is 3. The first-order chi connectivity index (χ1) is 8.96. The van der Waals surface area contributed by atoms with Gasteiger partial charge in [-0.05, 0) is 24.7 Å². The van der Waals surface area contributed by atoms with E-state index in [1.165, 1.54) is 10.5 Å². The smallest absolute Gasteiger partial charge is 0.260 e. The number of hydrogen-bond donors (Lipinski definition) is 1. The Kier molecular flexibility index (Phi) is 4.53. The van der Waals surface area contributed by atoms with Crippen molar-refractivity contribution in [3.8, 4) is 0 Å². The third-order valence-corrected chi connectivity index (χ3v) is 6.06. The van der Waals surface area contributed by atoms with Crippen LogP contribution in [0.2, 0.25) is 0 Å². The van der Waals surface area contributed by atoms with Crippen LogP contribution in [-0.4, -0.2) is 36.0 Å². The Morgan fingerprint density at radius 3 is 2.63 bits per heavy atom. The minimum absolute atomic E-state index is 0.144. The van der Waals surface area contributed by atoms with Crippen LogP contribution in [0.15, 0.2) is 11.2 Å². The van der Waals surface area contributed by atoms with E-state index in [9.17, 15) is 8.42 Å². The highest BCUT2D eigenvalue weighted by Gasteiger charge is 2.32. The van der Waals surface area contributed by atoms with Crippen molar-refractivity contribution in [1.29, 1.82) is 0 Å². The number of rotatable bonds is 4. The highest BCUT2D eigenvalue weighted by atomic mass is 35.5. The fraction of sp³-hybridized carbons (Fsp3) is 0.750. The Hall–Kier alpha value is -0.590. The molecule has 0 aromatic carbocycles. The Balaban J connectivity index is 2.14. The molecular weight excluding hydrogens is 286 g/mol. The molecule has 0 saturated carbocycles. The summed E-state index contributed by atoms with van der Waals surface area (Å²) in [7, 11) is -3.48. The molecular formula is C12H20ClN3O2S. The molecule has 1 aliphatic rings.